The summed E-state index contributed by atoms with van der Waals surface area (Å²) in [5.41, 5.74) is 1.02. The number of carbonyl (C=O) groups excluding carboxylic acids is 1. The van der Waals surface area contributed by atoms with Crippen LogP contribution in [0.25, 0.3) is 0 Å². The Morgan fingerprint density at radius 1 is 1.33 bits per heavy atom. The average molecular weight is 363 g/mol. The highest BCUT2D eigenvalue weighted by atomic mass is 127. The van der Waals surface area contributed by atoms with Gasteiger partial charge in [0, 0.05) is 13.0 Å². The second-order valence-electron chi connectivity index (χ2n) is 4.10. The molecular formula is C13H18INO3. The SMILES string of the molecule is COc1cc(C[C@@H](C)NC(C)=O)c(OC)cc1I. The number of hydrogen-bond donors (Lipinski definition) is 1. The molecule has 0 aromatic heterocycles. The lowest BCUT2D eigenvalue weighted by Gasteiger charge is -2.16. The van der Waals surface area contributed by atoms with Gasteiger partial charge in [0.1, 0.15) is 11.5 Å². The molecule has 1 N–H and O–H groups in total. The van der Waals surface area contributed by atoms with E-state index in [1.807, 2.05) is 19.1 Å². The van der Waals surface area contributed by atoms with E-state index >= 15 is 0 Å². The zero-order chi connectivity index (χ0) is 13.7. The van der Waals surface area contributed by atoms with Crippen molar-refractivity contribution >= 4 is 28.5 Å². The third kappa shape index (κ3) is 4.04. The summed E-state index contributed by atoms with van der Waals surface area (Å²) in [6.07, 6.45) is 0.704. The number of halogens is 1. The first kappa shape index (κ1) is 15.1. The van der Waals surface area contributed by atoms with Crippen molar-refractivity contribution in [1.82, 2.24) is 5.32 Å². The number of hydrogen-bond acceptors (Lipinski definition) is 3. The minimum absolute atomic E-state index is 0.0288. The van der Waals surface area contributed by atoms with Gasteiger partial charge in [0.2, 0.25) is 5.91 Å². The van der Waals surface area contributed by atoms with Crippen LogP contribution < -0.4 is 14.8 Å². The molecule has 0 aliphatic heterocycles. The molecule has 18 heavy (non-hydrogen) atoms. The minimum Gasteiger partial charge on any atom is -0.496 e. The Labute approximate surface area is 121 Å². The van der Waals surface area contributed by atoms with Crippen LogP contribution in [-0.2, 0) is 11.2 Å². The van der Waals surface area contributed by atoms with Gasteiger partial charge in [-0.3, -0.25) is 4.79 Å². The first-order valence-corrected chi connectivity index (χ1v) is 6.73. The molecule has 0 aliphatic carbocycles. The second kappa shape index (κ2) is 6.82. The van der Waals surface area contributed by atoms with Crippen molar-refractivity contribution in [2.45, 2.75) is 26.3 Å². The third-order valence-electron chi connectivity index (χ3n) is 2.53. The smallest absolute Gasteiger partial charge is 0.217 e. The van der Waals surface area contributed by atoms with Crippen molar-refractivity contribution in [1.29, 1.82) is 0 Å². The Hall–Kier alpha value is -0.980. The molecule has 0 unspecified atom stereocenters. The highest BCUT2D eigenvalue weighted by molar-refractivity contribution is 14.1. The van der Waals surface area contributed by atoms with Gasteiger partial charge in [0.05, 0.1) is 17.8 Å². The fourth-order valence-corrected chi connectivity index (χ4v) is 2.47. The van der Waals surface area contributed by atoms with Crippen molar-refractivity contribution in [3.8, 4) is 11.5 Å². The molecular weight excluding hydrogens is 345 g/mol. The zero-order valence-electron chi connectivity index (χ0n) is 11.0. The molecule has 1 amide bonds. The van der Waals surface area contributed by atoms with Crippen LogP contribution in [-0.4, -0.2) is 26.2 Å². The van der Waals surface area contributed by atoms with Crippen LogP contribution in [0.3, 0.4) is 0 Å². The Morgan fingerprint density at radius 3 is 2.44 bits per heavy atom. The third-order valence-corrected chi connectivity index (χ3v) is 3.37. The van der Waals surface area contributed by atoms with Gasteiger partial charge in [0.25, 0.3) is 0 Å². The molecule has 0 radical (unpaired) electrons. The Bertz CT molecular complexity index is 434. The molecule has 5 heteroatoms. The number of benzene rings is 1. The largest absolute Gasteiger partial charge is 0.496 e. The van der Waals surface area contributed by atoms with Crippen LogP contribution >= 0.6 is 22.6 Å². The summed E-state index contributed by atoms with van der Waals surface area (Å²) in [5.74, 6) is 1.61. The van der Waals surface area contributed by atoms with E-state index in [-0.39, 0.29) is 11.9 Å². The second-order valence-corrected chi connectivity index (χ2v) is 5.27. The van der Waals surface area contributed by atoms with Crippen LogP contribution in [0.2, 0.25) is 0 Å². The highest BCUT2D eigenvalue weighted by Gasteiger charge is 2.13. The minimum atomic E-state index is -0.0288. The predicted octanol–water partition coefficient (Wildman–Crippen LogP) is 2.38. The summed E-state index contributed by atoms with van der Waals surface area (Å²) in [6, 6.07) is 3.95. The first-order valence-electron chi connectivity index (χ1n) is 5.65. The maximum atomic E-state index is 11.0. The molecule has 0 spiro atoms. The maximum Gasteiger partial charge on any atom is 0.217 e. The van der Waals surface area contributed by atoms with E-state index < -0.39 is 0 Å². The van der Waals surface area contributed by atoms with Crippen molar-refractivity contribution in [3.05, 3.63) is 21.3 Å². The molecule has 0 bridgehead atoms. The molecule has 1 aromatic rings. The van der Waals surface area contributed by atoms with Gasteiger partial charge >= 0.3 is 0 Å². The van der Waals surface area contributed by atoms with Crippen molar-refractivity contribution in [3.63, 3.8) is 0 Å². The fraction of sp³-hybridized carbons (Fsp3) is 0.462. The van der Waals surface area contributed by atoms with E-state index in [0.29, 0.717) is 6.42 Å². The lowest BCUT2D eigenvalue weighted by Crippen LogP contribution is -2.32. The lowest BCUT2D eigenvalue weighted by molar-refractivity contribution is -0.119. The first-order chi connectivity index (χ1) is 8.47. The van der Waals surface area contributed by atoms with Crippen LogP contribution in [0.4, 0.5) is 0 Å². The molecule has 0 saturated carbocycles. The van der Waals surface area contributed by atoms with Crippen molar-refractivity contribution in [2.24, 2.45) is 0 Å². The summed E-state index contributed by atoms with van der Waals surface area (Å²) in [4.78, 5) is 11.0. The van der Waals surface area contributed by atoms with E-state index in [9.17, 15) is 4.79 Å². The summed E-state index contributed by atoms with van der Waals surface area (Å²) < 4.78 is 11.7. The highest BCUT2D eigenvalue weighted by Crippen LogP contribution is 2.30. The summed E-state index contributed by atoms with van der Waals surface area (Å²) >= 11 is 2.20. The molecule has 0 heterocycles. The summed E-state index contributed by atoms with van der Waals surface area (Å²) in [7, 11) is 3.29. The molecule has 1 aromatic carbocycles. The lowest BCUT2D eigenvalue weighted by atomic mass is 10.1. The van der Waals surface area contributed by atoms with E-state index in [4.69, 9.17) is 9.47 Å². The molecule has 1 atom stereocenters. The van der Waals surface area contributed by atoms with Gasteiger partial charge in [0.15, 0.2) is 0 Å². The number of carbonyl (C=O) groups is 1. The van der Waals surface area contributed by atoms with Gasteiger partial charge in [-0.05, 0) is 53.6 Å². The molecule has 0 saturated heterocycles. The number of nitrogens with one attached hydrogen (secondary N) is 1. The molecule has 1 rings (SSSR count). The molecule has 0 aliphatic rings. The predicted molar refractivity (Wildman–Crippen MR) is 79.2 cm³/mol. The Morgan fingerprint density at radius 2 is 1.94 bits per heavy atom. The van der Waals surface area contributed by atoms with E-state index in [1.165, 1.54) is 6.92 Å². The average Bonchev–Trinajstić information content (AvgIpc) is 2.29. The molecule has 4 nitrogen and oxygen atoms in total. The van der Waals surface area contributed by atoms with Crippen LogP contribution in [0, 0.1) is 3.57 Å². The van der Waals surface area contributed by atoms with Crippen molar-refractivity contribution < 1.29 is 14.3 Å². The quantitative estimate of drug-likeness (QED) is 0.818. The Balaban J connectivity index is 2.95. The van der Waals surface area contributed by atoms with Gasteiger partial charge in [-0.2, -0.15) is 0 Å². The van der Waals surface area contributed by atoms with E-state index in [1.54, 1.807) is 14.2 Å². The maximum absolute atomic E-state index is 11.0. The van der Waals surface area contributed by atoms with Gasteiger partial charge < -0.3 is 14.8 Å². The number of rotatable bonds is 5. The van der Waals surface area contributed by atoms with E-state index in [2.05, 4.69) is 27.9 Å². The summed E-state index contributed by atoms with van der Waals surface area (Å²) in [6.45, 7) is 3.48. The van der Waals surface area contributed by atoms with Crippen LogP contribution in [0.5, 0.6) is 11.5 Å². The van der Waals surface area contributed by atoms with Crippen LogP contribution in [0.15, 0.2) is 12.1 Å². The number of amides is 1. The fourth-order valence-electron chi connectivity index (χ4n) is 1.81. The zero-order valence-corrected chi connectivity index (χ0v) is 13.2. The van der Waals surface area contributed by atoms with Gasteiger partial charge in [-0.25, -0.2) is 0 Å². The van der Waals surface area contributed by atoms with Crippen molar-refractivity contribution in [2.75, 3.05) is 14.2 Å². The number of methoxy groups -OCH3 is 2. The molecule has 0 fully saturated rings. The van der Waals surface area contributed by atoms with Gasteiger partial charge in [-0.1, -0.05) is 0 Å². The normalized spacial score (nSPS) is 11.8. The summed E-state index contributed by atoms with van der Waals surface area (Å²) in [5, 5.41) is 2.86. The Kier molecular flexibility index (Phi) is 5.71. The monoisotopic (exact) mass is 363 g/mol. The standard InChI is InChI=1S/C13H18INO3/c1-8(15-9(2)16)5-10-6-13(18-4)11(14)7-12(10)17-3/h6-8H,5H2,1-4H3,(H,15,16)/t8-/m1/s1. The molecule has 100 valence electrons. The van der Waals surface area contributed by atoms with E-state index in [0.717, 1.165) is 20.6 Å². The number of ether oxygens (including phenoxy) is 2. The van der Waals surface area contributed by atoms with Gasteiger partial charge in [-0.15, -0.1) is 0 Å². The topological polar surface area (TPSA) is 47.6 Å². The van der Waals surface area contributed by atoms with Crippen LogP contribution in [0.1, 0.15) is 19.4 Å².